The van der Waals surface area contributed by atoms with Crippen molar-refractivity contribution >= 4 is 11.8 Å². The quantitative estimate of drug-likeness (QED) is 0.661. The highest BCUT2D eigenvalue weighted by Crippen LogP contribution is 2.04. The van der Waals surface area contributed by atoms with Gasteiger partial charge in [-0.15, -0.1) is 0 Å². The molecule has 3 N–H and O–H groups in total. The average molecular weight is 260 g/mol. The maximum atomic E-state index is 11.8. The molecule has 0 saturated heterocycles. The summed E-state index contributed by atoms with van der Waals surface area (Å²) in [5.41, 5.74) is 1.13. The third-order valence-corrected chi connectivity index (χ3v) is 2.35. The van der Waals surface area contributed by atoms with E-state index in [9.17, 15) is 9.59 Å². The third kappa shape index (κ3) is 5.23. The first-order valence-corrected chi connectivity index (χ1v) is 5.86. The van der Waals surface area contributed by atoms with Crippen LogP contribution in [0.25, 0.3) is 0 Å². The molecule has 1 rings (SSSR count). The van der Waals surface area contributed by atoms with Crippen LogP contribution >= 0.6 is 0 Å². The fourth-order valence-electron chi connectivity index (χ4n) is 1.40. The number of aliphatic hydroxyl groups excluding tert-OH is 1. The number of aliphatic hydroxyl groups is 1. The van der Waals surface area contributed by atoms with Gasteiger partial charge in [0.25, 0.3) is 5.91 Å². The molecule has 0 unspecified atom stereocenters. The first kappa shape index (κ1) is 14.7. The Hall–Kier alpha value is -2.32. The molecule has 5 heteroatoms. The Kier molecular flexibility index (Phi) is 6.13. The lowest BCUT2D eigenvalue weighted by Crippen LogP contribution is -2.29. The minimum absolute atomic E-state index is 0.122. The summed E-state index contributed by atoms with van der Waals surface area (Å²) >= 11 is 0. The van der Waals surface area contributed by atoms with Crippen LogP contribution in [0.4, 0.5) is 0 Å². The van der Waals surface area contributed by atoms with Crippen LogP contribution in [0.15, 0.2) is 24.3 Å². The molecule has 0 aromatic heterocycles. The van der Waals surface area contributed by atoms with Crippen LogP contribution in [-0.4, -0.2) is 37.1 Å². The maximum absolute atomic E-state index is 11.8. The molecule has 0 saturated carbocycles. The van der Waals surface area contributed by atoms with Crippen molar-refractivity contribution in [3.63, 3.8) is 0 Å². The Morgan fingerprint density at radius 3 is 2.84 bits per heavy atom. The summed E-state index contributed by atoms with van der Waals surface area (Å²) in [5.74, 6) is 4.87. The number of nitrogens with one attached hydrogen (secondary N) is 2. The number of hydrogen-bond acceptors (Lipinski definition) is 3. The standard InChI is InChI=1S/C14H16N2O3/c1-15-13(18)7-8-16-14(19)12-6-2-4-11(10-12)5-3-9-17/h2,4,6,10,17H,7-9H2,1H3,(H,15,18)(H,16,19). The lowest BCUT2D eigenvalue weighted by atomic mass is 10.1. The van der Waals surface area contributed by atoms with Crippen molar-refractivity contribution in [2.75, 3.05) is 20.2 Å². The van der Waals surface area contributed by atoms with Crippen molar-refractivity contribution in [3.8, 4) is 11.8 Å². The summed E-state index contributed by atoms with van der Waals surface area (Å²) in [6.45, 7) is 0.0631. The predicted octanol–water partition coefficient (Wildman–Crippen LogP) is -0.104. The Labute approximate surface area is 112 Å². The van der Waals surface area contributed by atoms with Gasteiger partial charge in [-0.25, -0.2) is 0 Å². The van der Waals surface area contributed by atoms with Gasteiger partial charge in [0.1, 0.15) is 6.61 Å². The van der Waals surface area contributed by atoms with Crippen molar-refractivity contribution in [1.29, 1.82) is 0 Å². The number of rotatable bonds is 4. The first-order chi connectivity index (χ1) is 9.17. The predicted molar refractivity (Wildman–Crippen MR) is 71.4 cm³/mol. The van der Waals surface area contributed by atoms with Crippen LogP contribution < -0.4 is 10.6 Å². The highest BCUT2D eigenvalue weighted by Gasteiger charge is 2.06. The number of amides is 2. The van der Waals surface area contributed by atoms with Gasteiger partial charge in [0, 0.05) is 31.1 Å². The summed E-state index contributed by atoms with van der Waals surface area (Å²) in [4.78, 5) is 22.8. The molecule has 0 radical (unpaired) electrons. The first-order valence-electron chi connectivity index (χ1n) is 5.86. The average Bonchev–Trinajstić information content (AvgIpc) is 2.45. The minimum atomic E-state index is -0.253. The Bertz CT molecular complexity index is 515. The van der Waals surface area contributed by atoms with Crippen molar-refractivity contribution < 1.29 is 14.7 Å². The van der Waals surface area contributed by atoms with Crippen LogP contribution in [0.5, 0.6) is 0 Å². The van der Waals surface area contributed by atoms with Crippen LogP contribution in [0, 0.1) is 11.8 Å². The number of hydrogen-bond donors (Lipinski definition) is 3. The van der Waals surface area contributed by atoms with E-state index in [2.05, 4.69) is 22.5 Å². The van der Waals surface area contributed by atoms with E-state index in [-0.39, 0.29) is 31.4 Å². The summed E-state index contributed by atoms with van der Waals surface area (Å²) in [6.07, 6.45) is 0.242. The summed E-state index contributed by atoms with van der Waals surface area (Å²) in [7, 11) is 1.55. The van der Waals surface area contributed by atoms with Gasteiger partial charge < -0.3 is 15.7 Å². The highest BCUT2D eigenvalue weighted by molar-refractivity contribution is 5.94. The molecule has 0 aliphatic rings. The van der Waals surface area contributed by atoms with Crippen molar-refractivity contribution in [2.45, 2.75) is 6.42 Å². The van der Waals surface area contributed by atoms with Gasteiger partial charge in [0.05, 0.1) is 0 Å². The van der Waals surface area contributed by atoms with E-state index in [1.165, 1.54) is 0 Å². The largest absolute Gasteiger partial charge is 0.384 e. The fourth-order valence-corrected chi connectivity index (χ4v) is 1.40. The smallest absolute Gasteiger partial charge is 0.251 e. The number of benzene rings is 1. The molecule has 19 heavy (non-hydrogen) atoms. The zero-order valence-electron chi connectivity index (χ0n) is 10.7. The second-order valence-corrected chi connectivity index (χ2v) is 3.72. The Morgan fingerprint density at radius 2 is 2.16 bits per heavy atom. The van der Waals surface area contributed by atoms with E-state index in [0.717, 1.165) is 0 Å². The van der Waals surface area contributed by atoms with Gasteiger partial charge >= 0.3 is 0 Å². The molecule has 2 amide bonds. The van der Waals surface area contributed by atoms with Gasteiger partial charge in [-0.05, 0) is 18.2 Å². The van der Waals surface area contributed by atoms with Crippen LogP contribution in [0.3, 0.4) is 0 Å². The van der Waals surface area contributed by atoms with E-state index in [0.29, 0.717) is 11.1 Å². The van der Waals surface area contributed by atoms with Crippen molar-refractivity contribution in [2.24, 2.45) is 0 Å². The van der Waals surface area contributed by atoms with Gasteiger partial charge in [0.2, 0.25) is 5.91 Å². The third-order valence-electron chi connectivity index (χ3n) is 2.35. The van der Waals surface area contributed by atoms with Crippen molar-refractivity contribution in [3.05, 3.63) is 35.4 Å². The van der Waals surface area contributed by atoms with Crippen LogP contribution in [-0.2, 0) is 4.79 Å². The molecule has 0 aliphatic carbocycles. The zero-order chi connectivity index (χ0) is 14.1. The molecule has 1 aromatic carbocycles. The normalized spacial score (nSPS) is 9.16. The second-order valence-electron chi connectivity index (χ2n) is 3.72. The van der Waals surface area contributed by atoms with Gasteiger partial charge in [0.15, 0.2) is 0 Å². The lowest BCUT2D eigenvalue weighted by Gasteiger charge is -2.05. The van der Waals surface area contributed by atoms with E-state index >= 15 is 0 Å². The molecule has 100 valence electrons. The molecule has 0 spiro atoms. The molecule has 0 heterocycles. The van der Waals surface area contributed by atoms with E-state index in [4.69, 9.17) is 5.11 Å². The van der Waals surface area contributed by atoms with Gasteiger partial charge in [-0.2, -0.15) is 0 Å². The molecule has 0 aliphatic heterocycles. The molecular formula is C14H16N2O3. The van der Waals surface area contributed by atoms with Crippen LogP contribution in [0.1, 0.15) is 22.3 Å². The zero-order valence-corrected chi connectivity index (χ0v) is 10.7. The second kappa shape index (κ2) is 7.90. The number of carbonyl (C=O) groups is 2. The summed E-state index contributed by atoms with van der Waals surface area (Å²) in [6, 6.07) is 6.77. The monoisotopic (exact) mass is 260 g/mol. The van der Waals surface area contributed by atoms with E-state index in [1.54, 1.807) is 31.3 Å². The SMILES string of the molecule is CNC(=O)CCNC(=O)c1cccc(C#CCO)c1. The van der Waals surface area contributed by atoms with E-state index in [1.807, 2.05) is 0 Å². The molecule has 0 bridgehead atoms. The molecule has 5 nitrogen and oxygen atoms in total. The Balaban J connectivity index is 2.59. The molecule has 0 fully saturated rings. The fraction of sp³-hybridized carbons (Fsp3) is 0.286. The van der Waals surface area contributed by atoms with Crippen molar-refractivity contribution in [1.82, 2.24) is 10.6 Å². The summed E-state index contributed by atoms with van der Waals surface area (Å²) < 4.78 is 0. The topological polar surface area (TPSA) is 78.4 Å². The van der Waals surface area contributed by atoms with Gasteiger partial charge in [-0.3, -0.25) is 9.59 Å². The lowest BCUT2D eigenvalue weighted by molar-refractivity contribution is -0.120. The highest BCUT2D eigenvalue weighted by atomic mass is 16.2. The van der Waals surface area contributed by atoms with Gasteiger partial charge in [-0.1, -0.05) is 17.9 Å². The minimum Gasteiger partial charge on any atom is -0.384 e. The molecule has 1 aromatic rings. The van der Waals surface area contributed by atoms with E-state index < -0.39 is 0 Å². The maximum Gasteiger partial charge on any atom is 0.251 e. The van der Waals surface area contributed by atoms with Crippen LogP contribution in [0.2, 0.25) is 0 Å². The summed E-state index contributed by atoms with van der Waals surface area (Å²) in [5, 5.41) is 13.7. The molecular weight excluding hydrogens is 244 g/mol. The number of carbonyl (C=O) groups excluding carboxylic acids is 2. The molecule has 0 atom stereocenters. The Morgan fingerprint density at radius 1 is 1.37 bits per heavy atom.